The maximum atomic E-state index is 12.4. The molecule has 29 heavy (non-hydrogen) atoms. The number of ether oxygens (including phenoxy) is 3. The number of hydrogen-bond acceptors (Lipinski definition) is 6. The van der Waals surface area contributed by atoms with E-state index in [1.165, 1.54) is 7.11 Å². The molecule has 154 valence electrons. The highest BCUT2D eigenvalue weighted by atomic mass is 16.5. The van der Waals surface area contributed by atoms with Gasteiger partial charge < -0.3 is 24.4 Å². The number of carbonyl (C=O) groups excluding carboxylic acids is 2. The molecule has 3 rings (SSSR count). The predicted molar refractivity (Wildman–Crippen MR) is 111 cm³/mol. The van der Waals surface area contributed by atoms with Gasteiger partial charge in [-0.25, -0.2) is 4.79 Å². The highest BCUT2D eigenvalue weighted by Gasteiger charge is 2.19. The van der Waals surface area contributed by atoms with Crippen LogP contribution >= 0.6 is 0 Å². The second-order valence-corrected chi connectivity index (χ2v) is 6.88. The molecule has 0 aliphatic carbocycles. The minimum atomic E-state index is -0.508. The Morgan fingerprint density at radius 1 is 1.10 bits per heavy atom. The molecule has 1 heterocycles. The van der Waals surface area contributed by atoms with Crippen LogP contribution in [-0.4, -0.2) is 51.9 Å². The Labute approximate surface area is 170 Å². The molecular formula is C22H26N2O5. The van der Waals surface area contributed by atoms with Crippen molar-refractivity contribution >= 4 is 23.3 Å². The maximum Gasteiger partial charge on any atom is 0.340 e. The smallest absolute Gasteiger partial charge is 0.340 e. The van der Waals surface area contributed by atoms with Crippen LogP contribution in [0.2, 0.25) is 0 Å². The molecule has 0 aromatic heterocycles. The Bertz CT molecular complexity index is 871. The maximum absolute atomic E-state index is 12.4. The van der Waals surface area contributed by atoms with Crippen LogP contribution in [0, 0.1) is 13.8 Å². The van der Waals surface area contributed by atoms with Gasteiger partial charge in [-0.15, -0.1) is 0 Å². The Kier molecular flexibility index (Phi) is 6.72. The van der Waals surface area contributed by atoms with E-state index in [0.29, 0.717) is 30.2 Å². The zero-order valence-corrected chi connectivity index (χ0v) is 17.0. The molecule has 0 atom stereocenters. The first-order valence-electron chi connectivity index (χ1n) is 9.53. The number of carbonyl (C=O) groups is 2. The molecule has 0 saturated carbocycles. The summed E-state index contributed by atoms with van der Waals surface area (Å²) in [5.74, 6) is -0.165. The Hall–Kier alpha value is -3.06. The van der Waals surface area contributed by atoms with Crippen LogP contribution in [0.15, 0.2) is 36.4 Å². The number of esters is 1. The number of hydrogen-bond donors (Lipinski definition) is 1. The summed E-state index contributed by atoms with van der Waals surface area (Å²) < 4.78 is 16.0. The van der Waals surface area contributed by atoms with Gasteiger partial charge in [0, 0.05) is 18.8 Å². The van der Waals surface area contributed by atoms with E-state index < -0.39 is 5.97 Å². The minimum absolute atomic E-state index is 0.155. The van der Waals surface area contributed by atoms with E-state index in [-0.39, 0.29) is 12.5 Å². The topological polar surface area (TPSA) is 77.1 Å². The molecule has 1 fully saturated rings. The summed E-state index contributed by atoms with van der Waals surface area (Å²) in [5.41, 5.74) is 3.50. The number of methoxy groups -OCH3 is 1. The first-order valence-corrected chi connectivity index (χ1v) is 9.53. The quantitative estimate of drug-likeness (QED) is 0.754. The van der Waals surface area contributed by atoms with E-state index in [0.717, 1.165) is 29.9 Å². The first-order chi connectivity index (χ1) is 14.0. The summed E-state index contributed by atoms with van der Waals surface area (Å²) in [6.07, 6.45) is 0. The molecule has 2 aromatic carbocycles. The number of rotatable bonds is 6. The first kappa shape index (κ1) is 20.7. The number of morpholine rings is 1. The van der Waals surface area contributed by atoms with Gasteiger partial charge in [-0.05, 0) is 43.2 Å². The fraction of sp³-hybridized carbons (Fsp3) is 0.364. The summed E-state index contributed by atoms with van der Waals surface area (Å²) >= 11 is 0. The fourth-order valence-corrected chi connectivity index (χ4v) is 3.29. The van der Waals surface area contributed by atoms with E-state index in [4.69, 9.17) is 14.2 Å². The van der Waals surface area contributed by atoms with Gasteiger partial charge in [-0.1, -0.05) is 18.2 Å². The van der Waals surface area contributed by atoms with Crippen molar-refractivity contribution in [2.45, 2.75) is 13.8 Å². The monoisotopic (exact) mass is 398 g/mol. The van der Waals surface area contributed by atoms with Gasteiger partial charge in [0.1, 0.15) is 5.75 Å². The summed E-state index contributed by atoms with van der Waals surface area (Å²) in [7, 11) is 1.32. The highest BCUT2D eigenvalue weighted by molar-refractivity contribution is 6.02. The van der Waals surface area contributed by atoms with Crippen LogP contribution in [-0.2, 0) is 14.3 Å². The molecule has 0 unspecified atom stereocenters. The van der Waals surface area contributed by atoms with Crippen molar-refractivity contribution in [2.24, 2.45) is 0 Å². The third-order valence-corrected chi connectivity index (χ3v) is 4.82. The lowest BCUT2D eigenvalue weighted by atomic mass is 10.1. The van der Waals surface area contributed by atoms with Gasteiger partial charge >= 0.3 is 5.97 Å². The SMILES string of the molecule is COC(=O)c1cc(N2CCOCC2)ccc1NC(=O)COc1c(C)cccc1C. The largest absolute Gasteiger partial charge is 0.483 e. The van der Waals surface area contributed by atoms with E-state index >= 15 is 0 Å². The van der Waals surface area contributed by atoms with Crippen molar-refractivity contribution in [3.63, 3.8) is 0 Å². The lowest BCUT2D eigenvalue weighted by molar-refractivity contribution is -0.118. The van der Waals surface area contributed by atoms with E-state index in [2.05, 4.69) is 10.2 Å². The second-order valence-electron chi connectivity index (χ2n) is 6.88. The molecule has 2 aromatic rings. The van der Waals surface area contributed by atoms with Crippen LogP contribution < -0.4 is 15.0 Å². The van der Waals surface area contributed by atoms with Crippen molar-refractivity contribution in [3.8, 4) is 5.75 Å². The number of amides is 1. The van der Waals surface area contributed by atoms with Crippen molar-refractivity contribution in [2.75, 3.05) is 50.2 Å². The van der Waals surface area contributed by atoms with E-state index in [1.807, 2.05) is 38.1 Å². The van der Waals surface area contributed by atoms with Gasteiger partial charge in [0.2, 0.25) is 0 Å². The molecule has 0 bridgehead atoms. The van der Waals surface area contributed by atoms with Gasteiger partial charge in [0.25, 0.3) is 5.91 Å². The number of nitrogens with zero attached hydrogens (tertiary/aromatic N) is 1. The summed E-state index contributed by atoms with van der Waals surface area (Å²) in [6, 6.07) is 11.1. The van der Waals surface area contributed by atoms with Crippen LogP contribution in [0.3, 0.4) is 0 Å². The molecule has 1 aliphatic heterocycles. The average molecular weight is 398 g/mol. The molecule has 7 heteroatoms. The summed E-state index contributed by atoms with van der Waals surface area (Å²) in [5, 5.41) is 2.76. The van der Waals surface area contributed by atoms with Gasteiger partial charge in [-0.3, -0.25) is 4.79 Å². The Morgan fingerprint density at radius 2 is 1.79 bits per heavy atom. The molecular weight excluding hydrogens is 372 g/mol. The molecule has 0 spiro atoms. The average Bonchev–Trinajstić information content (AvgIpc) is 2.73. The van der Waals surface area contributed by atoms with Crippen LogP contribution in [0.5, 0.6) is 5.75 Å². The minimum Gasteiger partial charge on any atom is -0.483 e. The number of aryl methyl sites for hydroxylation is 2. The summed E-state index contributed by atoms with van der Waals surface area (Å²) in [4.78, 5) is 26.8. The van der Waals surface area contributed by atoms with Crippen molar-refractivity contribution in [1.82, 2.24) is 0 Å². The van der Waals surface area contributed by atoms with Gasteiger partial charge in [0.05, 0.1) is 31.6 Å². The molecule has 1 amide bonds. The second kappa shape index (κ2) is 9.43. The van der Waals surface area contributed by atoms with Crippen LogP contribution in [0.1, 0.15) is 21.5 Å². The summed E-state index contributed by atoms with van der Waals surface area (Å²) in [6.45, 7) is 6.48. The van der Waals surface area contributed by atoms with Crippen molar-refractivity contribution < 1.29 is 23.8 Å². The number of benzene rings is 2. The molecule has 1 aliphatic rings. The molecule has 1 saturated heterocycles. The number of para-hydroxylation sites is 1. The standard InChI is InChI=1S/C22H26N2O5/c1-15-5-4-6-16(2)21(15)29-14-20(25)23-19-8-7-17(13-18(19)22(26)27-3)24-9-11-28-12-10-24/h4-8,13H,9-12,14H2,1-3H3,(H,23,25). The molecule has 0 radical (unpaired) electrons. The van der Waals surface area contributed by atoms with Crippen LogP contribution in [0.25, 0.3) is 0 Å². The molecule has 1 N–H and O–H groups in total. The third kappa shape index (κ3) is 5.06. The zero-order chi connectivity index (χ0) is 20.8. The normalized spacial score (nSPS) is 13.7. The lowest BCUT2D eigenvalue weighted by Gasteiger charge is -2.29. The fourth-order valence-electron chi connectivity index (χ4n) is 3.29. The van der Waals surface area contributed by atoms with Crippen molar-refractivity contribution in [3.05, 3.63) is 53.1 Å². The highest BCUT2D eigenvalue weighted by Crippen LogP contribution is 2.26. The van der Waals surface area contributed by atoms with Crippen LogP contribution in [0.4, 0.5) is 11.4 Å². The Balaban J connectivity index is 1.73. The number of nitrogens with one attached hydrogen (secondary N) is 1. The Morgan fingerprint density at radius 3 is 2.45 bits per heavy atom. The number of anilines is 2. The van der Waals surface area contributed by atoms with Gasteiger partial charge in [0.15, 0.2) is 6.61 Å². The van der Waals surface area contributed by atoms with Gasteiger partial charge in [-0.2, -0.15) is 0 Å². The van der Waals surface area contributed by atoms with E-state index in [9.17, 15) is 9.59 Å². The predicted octanol–water partition coefficient (Wildman–Crippen LogP) is 2.94. The zero-order valence-electron chi connectivity index (χ0n) is 17.0. The third-order valence-electron chi connectivity index (χ3n) is 4.82. The van der Waals surface area contributed by atoms with E-state index in [1.54, 1.807) is 12.1 Å². The van der Waals surface area contributed by atoms with Crippen molar-refractivity contribution in [1.29, 1.82) is 0 Å². The molecule has 7 nitrogen and oxygen atoms in total. The lowest BCUT2D eigenvalue weighted by Crippen LogP contribution is -2.36.